The van der Waals surface area contributed by atoms with Crippen molar-refractivity contribution in [1.82, 2.24) is 5.32 Å². The molecular formula is C23H38N2O2. The second-order valence-electron chi connectivity index (χ2n) is 7.67. The molecule has 0 spiro atoms. The van der Waals surface area contributed by atoms with E-state index in [1.54, 1.807) is 0 Å². The van der Waals surface area contributed by atoms with Crippen molar-refractivity contribution in [2.24, 2.45) is 0 Å². The van der Waals surface area contributed by atoms with Gasteiger partial charge in [0.05, 0.1) is 0 Å². The molecule has 0 aliphatic carbocycles. The van der Waals surface area contributed by atoms with Gasteiger partial charge < -0.3 is 10.6 Å². The highest BCUT2D eigenvalue weighted by atomic mass is 16.2. The molecule has 2 amide bonds. The number of hydrogen-bond acceptors (Lipinski definition) is 2. The van der Waals surface area contributed by atoms with Crippen molar-refractivity contribution < 1.29 is 9.59 Å². The molecule has 0 fully saturated rings. The summed E-state index contributed by atoms with van der Waals surface area (Å²) in [7, 11) is 0. The van der Waals surface area contributed by atoms with Crippen LogP contribution in [0.15, 0.2) is 24.3 Å². The lowest BCUT2D eigenvalue weighted by atomic mass is 10.0. The molecule has 0 unspecified atom stereocenters. The Balaban J connectivity index is 2.06. The van der Waals surface area contributed by atoms with Crippen molar-refractivity contribution in [2.45, 2.75) is 90.9 Å². The smallest absolute Gasteiger partial charge is 0.313 e. The zero-order valence-electron chi connectivity index (χ0n) is 17.5. The maximum atomic E-state index is 11.9. The van der Waals surface area contributed by atoms with E-state index in [-0.39, 0.29) is 0 Å². The van der Waals surface area contributed by atoms with Gasteiger partial charge >= 0.3 is 11.8 Å². The first-order chi connectivity index (χ1) is 13.0. The van der Waals surface area contributed by atoms with Crippen LogP contribution in [0.5, 0.6) is 0 Å². The maximum Gasteiger partial charge on any atom is 0.313 e. The van der Waals surface area contributed by atoms with Crippen LogP contribution in [0.4, 0.5) is 5.69 Å². The number of unbranched alkanes of at least 4 members (excludes halogenated alkanes) is 9. The number of amides is 2. The lowest BCUT2D eigenvalue weighted by Gasteiger charge is -2.09. The fraction of sp³-hybridized carbons (Fsp3) is 0.652. The standard InChI is InChI=1S/C23H38N2O2/c1-4-5-6-7-8-9-10-11-12-13-18-24-22(26)23(27)25-21-16-14-20(15-17-21)19(2)3/h14-17,19H,4-13,18H2,1-3H3,(H,24,26)(H,25,27). The van der Waals surface area contributed by atoms with E-state index in [2.05, 4.69) is 31.4 Å². The van der Waals surface area contributed by atoms with Crippen molar-refractivity contribution in [2.75, 3.05) is 11.9 Å². The molecule has 0 radical (unpaired) electrons. The number of nitrogens with one attached hydrogen (secondary N) is 2. The number of benzene rings is 1. The molecule has 0 heterocycles. The monoisotopic (exact) mass is 374 g/mol. The van der Waals surface area contributed by atoms with Crippen LogP contribution in [0.1, 0.15) is 96.5 Å². The molecular weight excluding hydrogens is 336 g/mol. The van der Waals surface area contributed by atoms with E-state index in [1.165, 1.54) is 56.9 Å². The van der Waals surface area contributed by atoms with Gasteiger partial charge in [0.25, 0.3) is 0 Å². The summed E-state index contributed by atoms with van der Waals surface area (Å²) < 4.78 is 0. The summed E-state index contributed by atoms with van der Waals surface area (Å²) >= 11 is 0. The Hall–Kier alpha value is -1.84. The number of anilines is 1. The summed E-state index contributed by atoms with van der Waals surface area (Å²) in [6.07, 6.45) is 12.6. The van der Waals surface area contributed by atoms with E-state index in [1.807, 2.05) is 24.3 Å². The average molecular weight is 375 g/mol. The van der Waals surface area contributed by atoms with Gasteiger partial charge in [0.2, 0.25) is 0 Å². The van der Waals surface area contributed by atoms with E-state index in [0.717, 1.165) is 12.8 Å². The Bertz CT molecular complexity index is 538. The van der Waals surface area contributed by atoms with Crippen molar-refractivity contribution in [3.8, 4) is 0 Å². The van der Waals surface area contributed by atoms with Crippen molar-refractivity contribution in [3.05, 3.63) is 29.8 Å². The molecule has 0 saturated carbocycles. The van der Waals surface area contributed by atoms with E-state index in [9.17, 15) is 9.59 Å². The minimum absolute atomic E-state index is 0.444. The molecule has 27 heavy (non-hydrogen) atoms. The van der Waals surface area contributed by atoms with Crippen LogP contribution >= 0.6 is 0 Å². The fourth-order valence-corrected chi connectivity index (χ4v) is 3.03. The molecule has 0 aliphatic rings. The van der Waals surface area contributed by atoms with Gasteiger partial charge in [0.15, 0.2) is 0 Å². The van der Waals surface area contributed by atoms with Gasteiger partial charge in [0, 0.05) is 12.2 Å². The maximum absolute atomic E-state index is 11.9. The predicted octanol–water partition coefficient (Wildman–Crippen LogP) is 5.79. The fourth-order valence-electron chi connectivity index (χ4n) is 3.03. The molecule has 0 bridgehead atoms. The summed E-state index contributed by atoms with van der Waals surface area (Å²) in [6.45, 7) is 7.05. The molecule has 4 nitrogen and oxygen atoms in total. The van der Waals surface area contributed by atoms with Crippen molar-refractivity contribution in [3.63, 3.8) is 0 Å². The van der Waals surface area contributed by atoms with Gasteiger partial charge in [-0.15, -0.1) is 0 Å². The van der Waals surface area contributed by atoms with E-state index in [0.29, 0.717) is 18.2 Å². The molecule has 152 valence electrons. The molecule has 0 aromatic heterocycles. The highest BCUT2D eigenvalue weighted by molar-refractivity contribution is 6.39. The Morgan fingerprint density at radius 2 is 1.30 bits per heavy atom. The third-order valence-electron chi connectivity index (χ3n) is 4.86. The number of hydrogen-bond donors (Lipinski definition) is 2. The minimum Gasteiger partial charge on any atom is -0.348 e. The zero-order chi connectivity index (χ0) is 19.9. The largest absolute Gasteiger partial charge is 0.348 e. The van der Waals surface area contributed by atoms with Gasteiger partial charge in [-0.25, -0.2) is 0 Å². The number of carbonyl (C=O) groups is 2. The molecule has 1 aromatic rings. The summed E-state index contributed by atoms with van der Waals surface area (Å²) in [5.74, 6) is -0.711. The zero-order valence-corrected chi connectivity index (χ0v) is 17.5. The molecule has 4 heteroatoms. The third-order valence-corrected chi connectivity index (χ3v) is 4.86. The van der Waals surface area contributed by atoms with Crippen LogP contribution in [0.25, 0.3) is 0 Å². The molecule has 0 saturated heterocycles. The Morgan fingerprint density at radius 1 is 0.778 bits per heavy atom. The number of rotatable bonds is 13. The van der Waals surface area contributed by atoms with Crippen LogP contribution in [0.3, 0.4) is 0 Å². The summed E-state index contributed by atoms with van der Waals surface area (Å²) in [5, 5.41) is 5.35. The first kappa shape index (κ1) is 23.2. The Labute approximate surface area is 165 Å². The third kappa shape index (κ3) is 10.8. The van der Waals surface area contributed by atoms with Crippen LogP contribution in [-0.4, -0.2) is 18.4 Å². The number of carbonyl (C=O) groups excluding carboxylic acids is 2. The first-order valence-electron chi connectivity index (χ1n) is 10.7. The summed E-state index contributed by atoms with van der Waals surface area (Å²) in [5.41, 5.74) is 1.86. The minimum atomic E-state index is -0.598. The van der Waals surface area contributed by atoms with Gasteiger partial charge in [0.1, 0.15) is 0 Å². The highest BCUT2D eigenvalue weighted by Crippen LogP contribution is 2.17. The summed E-state index contributed by atoms with van der Waals surface area (Å²) in [4.78, 5) is 23.8. The Kier molecular flexibility index (Phi) is 12.2. The second-order valence-corrected chi connectivity index (χ2v) is 7.67. The molecule has 0 aliphatic heterocycles. The molecule has 2 N–H and O–H groups in total. The topological polar surface area (TPSA) is 58.2 Å². The molecule has 1 aromatic carbocycles. The lowest BCUT2D eigenvalue weighted by Crippen LogP contribution is -2.35. The van der Waals surface area contributed by atoms with Gasteiger partial charge in [-0.2, -0.15) is 0 Å². The van der Waals surface area contributed by atoms with Crippen LogP contribution in [0.2, 0.25) is 0 Å². The SMILES string of the molecule is CCCCCCCCCCCCNC(=O)C(=O)Nc1ccc(C(C)C)cc1. The van der Waals surface area contributed by atoms with Crippen LogP contribution in [-0.2, 0) is 9.59 Å². The normalized spacial score (nSPS) is 10.8. The average Bonchev–Trinajstić information content (AvgIpc) is 2.66. The quantitative estimate of drug-likeness (QED) is 0.339. The predicted molar refractivity (Wildman–Crippen MR) is 114 cm³/mol. The Morgan fingerprint density at radius 3 is 1.81 bits per heavy atom. The van der Waals surface area contributed by atoms with E-state index >= 15 is 0 Å². The first-order valence-corrected chi connectivity index (χ1v) is 10.7. The van der Waals surface area contributed by atoms with Gasteiger partial charge in [-0.1, -0.05) is 90.7 Å². The van der Waals surface area contributed by atoms with Crippen LogP contribution in [0, 0.1) is 0 Å². The van der Waals surface area contributed by atoms with Crippen LogP contribution < -0.4 is 10.6 Å². The lowest BCUT2D eigenvalue weighted by molar-refractivity contribution is -0.136. The molecule has 0 atom stereocenters. The van der Waals surface area contributed by atoms with Gasteiger partial charge in [-0.3, -0.25) is 9.59 Å². The van der Waals surface area contributed by atoms with E-state index in [4.69, 9.17) is 0 Å². The molecule has 1 rings (SSSR count). The highest BCUT2D eigenvalue weighted by Gasteiger charge is 2.12. The van der Waals surface area contributed by atoms with Crippen molar-refractivity contribution >= 4 is 17.5 Å². The second kappa shape index (κ2) is 14.2. The van der Waals surface area contributed by atoms with E-state index < -0.39 is 11.8 Å². The van der Waals surface area contributed by atoms with Crippen molar-refractivity contribution in [1.29, 1.82) is 0 Å². The summed E-state index contributed by atoms with van der Waals surface area (Å²) in [6, 6.07) is 7.62. The van der Waals surface area contributed by atoms with Gasteiger partial charge in [-0.05, 0) is 30.0 Å².